The average Bonchev–Trinajstić information content (AvgIpc) is 3.27. The third kappa shape index (κ3) is 8.20. The molecule has 6 aromatic rings. The molecule has 0 unspecified atom stereocenters. The van der Waals surface area contributed by atoms with Gasteiger partial charge in [0.2, 0.25) is 0 Å². The smallest absolute Gasteiger partial charge is 0.310 e. The molecule has 1 fully saturated rings. The van der Waals surface area contributed by atoms with Gasteiger partial charge >= 0.3 is 11.9 Å². The van der Waals surface area contributed by atoms with Crippen molar-refractivity contribution in [2.75, 3.05) is 14.2 Å². The maximum Gasteiger partial charge on any atom is 0.310 e. The molecule has 322 valence electrons. The topological polar surface area (TPSA) is 132 Å². The molecule has 6 atom stereocenters. The maximum absolute atomic E-state index is 14.3. The molecule has 0 amide bonds. The summed E-state index contributed by atoms with van der Waals surface area (Å²) in [6.07, 6.45) is 6.47. The molecule has 9 heteroatoms. The molecule has 6 aromatic carbocycles. The van der Waals surface area contributed by atoms with E-state index in [1.807, 2.05) is 84.9 Å². The van der Waals surface area contributed by atoms with Crippen LogP contribution in [0.4, 0.5) is 0 Å². The summed E-state index contributed by atoms with van der Waals surface area (Å²) in [5.74, 6) is -0.222. The maximum atomic E-state index is 14.3. The summed E-state index contributed by atoms with van der Waals surface area (Å²) in [4.78, 5) is 27.5. The third-order valence-electron chi connectivity index (χ3n) is 13.8. The number of esters is 2. The van der Waals surface area contributed by atoms with E-state index in [-0.39, 0.29) is 47.8 Å². The molecule has 0 radical (unpaired) electrons. The number of allylic oxidation sites excluding steroid dienone is 1. The Balaban J connectivity index is 1.14. The van der Waals surface area contributed by atoms with Crippen molar-refractivity contribution in [3.63, 3.8) is 0 Å². The monoisotopic (exact) mass is 844 g/mol. The number of carbonyl (C=O) groups excluding carboxylic acids is 2. The van der Waals surface area contributed by atoms with Gasteiger partial charge in [0.05, 0.1) is 20.6 Å². The second kappa shape index (κ2) is 17.2. The summed E-state index contributed by atoms with van der Waals surface area (Å²) in [5.41, 5.74) is 7.08. The largest absolute Gasteiger partial charge is 0.508 e. The van der Waals surface area contributed by atoms with Gasteiger partial charge in [-0.25, -0.2) is 0 Å². The number of phenols is 3. The first-order chi connectivity index (χ1) is 30.5. The minimum atomic E-state index is -0.635. The number of carbonyl (C=O) groups is 2. The highest BCUT2D eigenvalue weighted by Gasteiger charge is 2.56. The van der Waals surface area contributed by atoms with Gasteiger partial charge in [0.15, 0.2) is 23.0 Å². The molecular weight excluding hydrogens is 793 g/mol. The Morgan fingerprint density at radius 2 is 1.46 bits per heavy atom. The van der Waals surface area contributed by atoms with E-state index in [1.165, 1.54) is 14.0 Å². The second-order valence-corrected chi connectivity index (χ2v) is 17.4. The van der Waals surface area contributed by atoms with Crippen LogP contribution in [0.15, 0.2) is 121 Å². The van der Waals surface area contributed by atoms with Crippen LogP contribution in [-0.4, -0.2) is 53.7 Å². The number of ether oxygens (including phenoxy) is 4. The quantitative estimate of drug-likeness (QED) is 0.122. The molecule has 3 aliphatic carbocycles. The van der Waals surface area contributed by atoms with E-state index in [0.717, 1.165) is 61.7 Å². The fourth-order valence-electron chi connectivity index (χ4n) is 11.1. The molecule has 0 saturated heterocycles. The van der Waals surface area contributed by atoms with E-state index in [0.29, 0.717) is 37.2 Å². The van der Waals surface area contributed by atoms with Crippen molar-refractivity contribution in [1.82, 2.24) is 0 Å². The fraction of sp³-hybridized carbons (Fsp3) is 0.296. The zero-order chi connectivity index (χ0) is 43.8. The molecule has 0 spiro atoms. The highest BCUT2D eigenvalue weighted by molar-refractivity contribution is 5.98. The molecule has 0 aromatic heterocycles. The summed E-state index contributed by atoms with van der Waals surface area (Å²) in [7, 11) is 3.08. The van der Waals surface area contributed by atoms with Crippen molar-refractivity contribution in [2.45, 2.75) is 70.0 Å². The number of methoxy groups -OCH3 is 2. The SMILES string of the molecule is COc1cc2c(cc1O)C[C@@]1(/C=C/c3ccccc3)[C@H](C2)[C@H](OC(C)=O)C[C@@H](OC(=O)Cc2ccc3cc(O)cc(-c4ccccc4)c3c2)C[C@H]2c3cc(OC)c(O)cc3CC[C@@H]21. The summed E-state index contributed by atoms with van der Waals surface area (Å²) < 4.78 is 24.3. The first-order valence-corrected chi connectivity index (χ1v) is 21.7. The van der Waals surface area contributed by atoms with Crippen molar-refractivity contribution in [2.24, 2.45) is 17.3 Å². The minimum absolute atomic E-state index is 0.00992. The Bertz CT molecular complexity index is 2710. The van der Waals surface area contributed by atoms with Crippen molar-refractivity contribution in [3.8, 4) is 39.9 Å². The zero-order valence-corrected chi connectivity index (χ0v) is 35.8. The van der Waals surface area contributed by atoms with Gasteiger partial charge in [0.25, 0.3) is 0 Å². The lowest BCUT2D eigenvalue weighted by molar-refractivity contribution is -0.164. The number of hydrogen-bond donors (Lipinski definition) is 3. The predicted octanol–water partition coefficient (Wildman–Crippen LogP) is 10.3. The summed E-state index contributed by atoms with van der Waals surface area (Å²) in [5, 5.41) is 34.4. The van der Waals surface area contributed by atoms with Crippen molar-refractivity contribution in [3.05, 3.63) is 155 Å². The number of fused-ring (bicyclic) bond motifs is 7. The molecule has 9 nitrogen and oxygen atoms in total. The van der Waals surface area contributed by atoms with E-state index in [1.54, 1.807) is 25.3 Å². The van der Waals surface area contributed by atoms with Crippen LogP contribution in [-0.2, 0) is 44.7 Å². The highest BCUT2D eigenvalue weighted by Crippen LogP contribution is 2.60. The normalized spacial score (nSPS) is 22.7. The van der Waals surface area contributed by atoms with Crippen LogP contribution in [0.3, 0.4) is 0 Å². The van der Waals surface area contributed by atoms with Gasteiger partial charge in [-0.3, -0.25) is 9.59 Å². The van der Waals surface area contributed by atoms with Crippen LogP contribution in [0.2, 0.25) is 0 Å². The van der Waals surface area contributed by atoms with Gasteiger partial charge in [0, 0.05) is 24.7 Å². The molecule has 3 aliphatic rings. The average molecular weight is 845 g/mol. The van der Waals surface area contributed by atoms with E-state index in [9.17, 15) is 24.9 Å². The number of phenolic OH excluding ortho intramolecular Hbond substituents is 3. The number of rotatable bonds is 9. The van der Waals surface area contributed by atoms with E-state index in [2.05, 4.69) is 24.3 Å². The Labute approximate surface area is 367 Å². The van der Waals surface area contributed by atoms with Crippen LogP contribution >= 0.6 is 0 Å². The molecule has 63 heavy (non-hydrogen) atoms. The number of aryl methyl sites for hydroxylation is 1. The third-order valence-corrected chi connectivity index (χ3v) is 13.8. The molecular formula is C54H52O9. The molecule has 9 rings (SSSR count). The fourth-order valence-corrected chi connectivity index (χ4v) is 11.1. The molecule has 0 aliphatic heterocycles. The van der Waals surface area contributed by atoms with E-state index in [4.69, 9.17) is 18.9 Å². The molecule has 1 saturated carbocycles. The number of aromatic hydroxyl groups is 3. The first-order valence-electron chi connectivity index (χ1n) is 21.7. The standard InChI is InChI=1S/C54H52O9/c1-32(55)62-50-29-41(63-53(59)21-34-14-15-36-22-40(56)27-43(42(36)20-34)35-12-8-5-9-13-35)28-45-44-30-52(61-3)48(57)24-37(44)16-17-46(45)54(19-18-33-10-6-4-7-11-33)31-39-25-49(58)51(60-2)26-38(39)23-47(50)54/h4-15,18-20,22,24-27,30,41,45-47,50,56-58H,16-17,21,23,28-29,31H2,1-3H3/b19-18+/t41-,45-,46-,47+,50+,54+/m0/s1. The van der Waals surface area contributed by atoms with Gasteiger partial charge in [-0.1, -0.05) is 84.9 Å². The summed E-state index contributed by atoms with van der Waals surface area (Å²) in [6.45, 7) is 1.43. The van der Waals surface area contributed by atoms with Crippen LogP contribution < -0.4 is 9.47 Å². The highest BCUT2D eigenvalue weighted by atomic mass is 16.6. The Kier molecular flexibility index (Phi) is 11.4. The summed E-state index contributed by atoms with van der Waals surface area (Å²) >= 11 is 0. The minimum Gasteiger partial charge on any atom is -0.508 e. The van der Waals surface area contributed by atoms with Gasteiger partial charge in [-0.15, -0.1) is 0 Å². The molecule has 0 heterocycles. The van der Waals surface area contributed by atoms with Gasteiger partial charge in [0.1, 0.15) is 18.0 Å². The lowest BCUT2D eigenvalue weighted by atomic mass is 9.49. The van der Waals surface area contributed by atoms with E-state index >= 15 is 0 Å². The van der Waals surface area contributed by atoms with Gasteiger partial charge in [-0.05, 0) is 142 Å². The lowest BCUT2D eigenvalue weighted by Crippen LogP contribution is -2.54. The second-order valence-electron chi connectivity index (χ2n) is 17.4. The van der Waals surface area contributed by atoms with Crippen LogP contribution in [0, 0.1) is 17.3 Å². The van der Waals surface area contributed by atoms with Crippen molar-refractivity contribution in [1.29, 1.82) is 0 Å². The Hall–Kier alpha value is -6.74. The van der Waals surface area contributed by atoms with Gasteiger partial charge < -0.3 is 34.3 Å². The Morgan fingerprint density at radius 1 is 0.746 bits per heavy atom. The first kappa shape index (κ1) is 41.6. The zero-order valence-electron chi connectivity index (χ0n) is 35.8. The number of hydrogen-bond acceptors (Lipinski definition) is 9. The predicted molar refractivity (Wildman–Crippen MR) is 242 cm³/mol. The molecule has 0 bridgehead atoms. The van der Waals surface area contributed by atoms with Crippen molar-refractivity contribution >= 4 is 28.8 Å². The van der Waals surface area contributed by atoms with E-state index < -0.39 is 29.6 Å². The Morgan fingerprint density at radius 3 is 2.19 bits per heavy atom. The van der Waals surface area contributed by atoms with Crippen LogP contribution in [0.1, 0.15) is 65.5 Å². The lowest BCUT2D eigenvalue weighted by Gasteiger charge is -2.56. The number of benzene rings is 6. The van der Waals surface area contributed by atoms with Crippen molar-refractivity contribution < 1.29 is 43.9 Å². The summed E-state index contributed by atoms with van der Waals surface area (Å²) in [6, 6.07) is 36.7. The van der Waals surface area contributed by atoms with Crippen LogP contribution in [0.25, 0.3) is 28.0 Å². The molecule has 3 N–H and O–H groups in total. The van der Waals surface area contributed by atoms with Crippen LogP contribution in [0.5, 0.6) is 28.7 Å². The van der Waals surface area contributed by atoms with Gasteiger partial charge in [-0.2, -0.15) is 0 Å².